The summed E-state index contributed by atoms with van der Waals surface area (Å²) in [5.74, 6) is -0.0206. The topological polar surface area (TPSA) is 47.8 Å². The van der Waals surface area contributed by atoms with Crippen molar-refractivity contribution in [3.05, 3.63) is 46.0 Å². The van der Waals surface area contributed by atoms with Crippen LogP contribution in [0.5, 0.6) is 0 Å². The Morgan fingerprint density at radius 1 is 1.44 bits per heavy atom. The summed E-state index contributed by atoms with van der Waals surface area (Å²) in [6, 6.07) is 1.74. The fourth-order valence-corrected chi connectivity index (χ4v) is 2.30. The van der Waals surface area contributed by atoms with Crippen LogP contribution in [0.15, 0.2) is 29.1 Å². The van der Waals surface area contributed by atoms with Crippen LogP contribution in [0.25, 0.3) is 0 Å². The lowest BCUT2D eigenvalue weighted by molar-refractivity contribution is 0.102. The van der Waals surface area contributed by atoms with E-state index in [0.717, 1.165) is 23.0 Å². The van der Waals surface area contributed by atoms with Crippen LogP contribution in [-0.2, 0) is 6.54 Å². The number of carbonyl (C=O) groups is 1. The molecule has 2 aromatic rings. The van der Waals surface area contributed by atoms with E-state index in [9.17, 15) is 4.79 Å². The Balaban J connectivity index is 2.46. The van der Waals surface area contributed by atoms with Crippen molar-refractivity contribution in [2.24, 2.45) is 0 Å². The van der Waals surface area contributed by atoms with E-state index in [2.05, 4.69) is 32.9 Å². The Bertz CT molecular complexity index is 577. The molecule has 0 spiro atoms. The molecule has 2 heterocycles. The van der Waals surface area contributed by atoms with E-state index in [-0.39, 0.29) is 5.78 Å². The van der Waals surface area contributed by atoms with Crippen molar-refractivity contribution in [1.29, 1.82) is 0 Å². The summed E-state index contributed by atoms with van der Waals surface area (Å²) in [5, 5.41) is 4.22. The van der Waals surface area contributed by atoms with Gasteiger partial charge < -0.3 is 0 Å². The lowest BCUT2D eigenvalue weighted by atomic mass is 10.1. The highest BCUT2D eigenvalue weighted by atomic mass is 79.9. The Morgan fingerprint density at radius 2 is 2.22 bits per heavy atom. The van der Waals surface area contributed by atoms with Gasteiger partial charge in [0.15, 0.2) is 0 Å². The molecule has 0 amide bonds. The molecule has 0 aliphatic carbocycles. The van der Waals surface area contributed by atoms with Crippen LogP contribution in [0.3, 0.4) is 0 Å². The van der Waals surface area contributed by atoms with Gasteiger partial charge in [0.1, 0.15) is 5.69 Å². The number of halogens is 1. The Morgan fingerprint density at radius 3 is 2.89 bits per heavy atom. The molecule has 0 saturated carbocycles. The van der Waals surface area contributed by atoms with Gasteiger partial charge in [-0.05, 0) is 40.9 Å². The Kier molecular flexibility index (Phi) is 3.91. The van der Waals surface area contributed by atoms with Gasteiger partial charge in [-0.1, -0.05) is 6.92 Å². The van der Waals surface area contributed by atoms with Crippen LogP contribution in [0.2, 0.25) is 0 Å². The highest BCUT2D eigenvalue weighted by Crippen LogP contribution is 2.21. The lowest BCUT2D eigenvalue weighted by Gasteiger charge is -2.07. The predicted octanol–water partition coefficient (Wildman–Crippen LogP) is 2.99. The molecule has 0 saturated heterocycles. The molecule has 0 aromatic carbocycles. The van der Waals surface area contributed by atoms with Crippen molar-refractivity contribution in [2.45, 2.75) is 26.8 Å². The van der Waals surface area contributed by atoms with Gasteiger partial charge in [0.25, 0.3) is 0 Å². The maximum atomic E-state index is 12.5. The molecule has 94 valence electrons. The van der Waals surface area contributed by atoms with Crippen molar-refractivity contribution < 1.29 is 4.79 Å². The first-order valence-corrected chi connectivity index (χ1v) is 6.61. The summed E-state index contributed by atoms with van der Waals surface area (Å²) in [6.45, 7) is 4.67. The Hall–Kier alpha value is -1.49. The number of rotatable bonds is 4. The summed E-state index contributed by atoms with van der Waals surface area (Å²) >= 11 is 3.39. The Labute approximate surface area is 114 Å². The monoisotopic (exact) mass is 307 g/mol. The number of hydrogen-bond acceptors (Lipinski definition) is 3. The first-order chi connectivity index (χ1) is 8.65. The van der Waals surface area contributed by atoms with Gasteiger partial charge in [-0.2, -0.15) is 5.10 Å². The minimum absolute atomic E-state index is 0.0206. The van der Waals surface area contributed by atoms with Crippen LogP contribution >= 0.6 is 15.9 Å². The van der Waals surface area contributed by atoms with E-state index in [1.54, 1.807) is 29.3 Å². The third-order valence-corrected chi connectivity index (χ3v) is 3.29. The van der Waals surface area contributed by atoms with E-state index < -0.39 is 0 Å². The number of carbonyl (C=O) groups excluding carboxylic acids is 1. The summed E-state index contributed by atoms with van der Waals surface area (Å²) in [5.41, 5.74) is 2.15. The van der Waals surface area contributed by atoms with E-state index >= 15 is 0 Å². The third-order valence-electron chi connectivity index (χ3n) is 2.71. The van der Waals surface area contributed by atoms with Gasteiger partial charge in [0.05, 0.1) is 10.7 Å². The van der Waals surface area contributed by atoms with E-state index in [1.807, 2.05) is 6.92 Å². The molecular formula is C13H14BrN3O. The zero-order chi connectivity index (χ0) is 13.1. The van der Waals surface area contributed by atoms with Crippen LogP contribution < -0.4 is 0 Å². The molecule has 0 radical (unpaired) electrons. The fourth-order valence-electron chi connectivity index (χ4n) is 1.83. The zero-order valence-electron chi connectivity index (χ0n) is 10.4. The summed E-state index contributed by atoms with van der Waals surface area (Å²) in [6.07, 6.45) is 5.93. The van der Waals surface area contributed by atoms with Crippen molar-refractivity contribution in [2.75, 3.05) is 0 Å². The van der Waals surface area contributed by atoms with Crippen molar-refractivity contribution >= 4 is 21.7 Å². The number of pyridine rings is 1. The van der Waals surface area contributed by atoms with E-state index in [4.69, 9.17) is 0 Å². The standard InChI is InChI=1S/C13H14BrN3O/c1-3-6-17-12(11(14)8-16-17)13(18)10-4-5-15-7-9(10)2/h4-5,7-8H,3,6H2,1-2H3. The number of aromatic nitrogens is 3. The molecule has 0 atom stereocenters. The maximum Gasteiger partial charge on any atom is 0.212 e. The van der Waals surface area contributed by atoms with Gasteiger partial charge in [-0.25, -0.2) is 0 Å². The van der Waals surface area contributed by atoms with Gasteiger partial charge in [0.2, 0.25) is 5.78 Å². The van der Waals surface area contributed by atoms with Gasteiger partial charge in [0, 0.05) is 24.5 Å². The first kappa shape index (κ1) is 13.0. The smallest absolute Gasteiger partial charge is 0.212 e. The molecule has 2 rings (SSSR count). The van der Waals surface area contributed by atoms with Crippen molar-refractivity contribution in [3.63, 3.8) is 0 Å². The third kappa shape index (κ3) is 2.36. The SMILES string of the molecule is CCCn1ncc(Br)c1C(=O)c1ccncc1C. The second-order valence-electron chi connectivity index (χ2n) is 4.08. The van der Waals surface area contributed by atoms with Crippen LogP contribution in [0, 0.1) is 6.92 Å². The summed E-state index contributed by atoms with van der Waals surface area (Å²) in [7, 11) is 0. The molecule has 0 aliphatic heterocycles. The fraction of sp³-hybridized carbons (Fsp3) is 0.308. The normalized spacial score (nSPS) is 10.6. The van der Waals surface area contributed by atoms with Gasteiger partial charge in [-0.15, -0.1) is 0 Å². The molecule has 0 aliphatic rings. The molecule has 2 aromatic heterocycles. The van der Waals surface area contributed by atoms with E-state index in [0.29, 0.717) is 11.3 Å². The number of ketones is 1. The zero-order valence-corrected chi connectivity index (χ0v) is 11.9. The highest BCUT2D eigenvalue weighted by molar-refractivity contribution is 9.10. The van der Waals surface area contributed by atoms with Crippen molar-refractivity contribution in [3.8, 4) is 0 Å². The molecule has 4 nitrogen and oxygen atoms in total. The molecule has 0 N–H and O–H groups in total. The number of aryl methyl sites for hydroxylation is 2. The van der Waals surface area contributed by atoms with Gasteiger partial charge in [-0.3, -0.25) is 14.5 Å². The van der Waals surface area contributed by atoms with Crippen molar-refractivity contribution in [1.82, 2.24) is 14.8 Å². The minimum Gasteiger partial charge on any atom is -0.287 e. The first-order valence-electron chi connectivity index (χ1n) is 5.81. The maximum absolute atomic E-state index is 12.5. The summed E-state index contributed by atoms with van der Waals surface area (Å²) < 4.78 is 2.48. The minimum atomic E-state index is -0.0206. The van der Waals surface area contributed by atoms with Gasteiger partial charge >= 0.3 is 0 Å². The van der Waals surface area contributed by atoms with Crippen LogP contribution in [-0.4, -0.2) is 20.5 Å². The molecule has 0 unspecified atom stereocenters. The average molecular weight is 308 g/mol. The molecular weight excluding hydrogens is 294 g/mol. The predicted molar refractivity (Wildman–Crippen MR) is 72.6 cm³/mol. The largest absolute Gasteiger partial charge is 0.287 e. The van der Waals surface area contributed by atoms with E-state index in [1.165, 1.54) is 0 Å². The average Bonchev–Trinajstić information content (AvgIpc) is 2.71. The number of hydrogen-bond donors (Lipinski definition) is 0. The van der Waals surface area contributed by atoms with Crippen LogP contribution in [0.4, 0.5) is 0 Å². The second-order valence-corrected chi connectivity index (χ2v) is 4.94. The molecule has 5 heteroatoms. The molecule has 0 fully saturated rings. The van der Waals surface area contributed by atoms with Crippen LogP contribution in [0.1, 0.15) is 35.0 Å². The lowest BCUT2D eigenvalue weighted by Crippen LogP contribution is -2.13. The number of nitrogens with zero attached hydrogens (tertiary/aromatic N) is 3. The highest BCUT2D eigenvalue weighted by Gasteiger charge is 2.19. The second kappa shape index (κ2) is 5.44. The summed E-state index contributed by atoms with van der Waals surface area (Å²) in [4.78, 5) is 16.5. The quantitative estimate of drug-likeness (QED) is 0.816. The molecule has 18 heavy (non-hydrogen) atoms. The molecule has 0 bridgehead atoms.